The number of hydrogen-bond acceptors (Lipinski definition) is 2. The average Bonchev–Trinajstić information content (AvgIpc) is 3.12. The van der Waals surface area contributed by atoms with E-state index in [-0.39, 0.29) is 6.04 Å². The van der Waals surface area contributed by atoms with E-state index >= 15 is 0 Å². The average molecular weight is 324 g/mol. The number of benzene rings is 1. The highest BCUT2D eigenvalue weighted by molar-refractivity contribution is 7.80. The maximum atomic E-state index is 5.68. The van der Waals surface area contributed by atoms with Gasteiger partial charge in [-0.1, -0.05) is 30.3 Å². The lowest BCUT2D eigenvalue weighted by Crippen LogP contribution is -2.47. The molecule has 0 bridgehead atoms. The highest BCUT2D eigenvalue weighted by atomic mass is 32.1. The maximum absolute atomic E-state index is 5.68. The van der Waals surface area contributed by atoms with Crippen LogP contribution in [0.15, 0.2) is 64.4 Å². The number of thiocarbonyl (C=S) groups is 1. The fraction of sp³-hybridized carbons (Fsp3) is 0.316. The van der Waals surface area contributed by atoms with Crippen molar-refractivity contribution in [2.75, 3.05) is 0 Å². The van der Waals surface area contributed by atoms with Gasteiger partial charge in [0.05, 0.1) is 6.26 Å². The summed E-state index contributed by atoms with van der Waals surface area (Å²) < 4.78 is 5.65. The molecule has 118 valence electrons. The van der Waals surface area contributed by atoms with Gasteiger partial charge >= 0.3 is 0 Å². The molecule has 23 heavy (non-hydrogen) atoms. The first-order valence-electron chi connectivity index (χ1n) is 8.20. The second-order valence-electron chi connectivity index (χ2n) is 6.15. The molecular formula is C19H20N2OS. The van der Waals surface area contributed by atoms with Crippen molar-refractivity contribution in [1.82, 2.24) is 10.2 Å². The molecule has 0 radical (unpaired) electrons. The van der Waals surface area contributed by atoms with Crippen molar-refractivity contribution < 1.29 is 4.42 Å². The van der Waals surface area contributed by atoms with Crippen LogP contribution < -0.4 is 5.32 Å². The molecule has 3 nitrogen and oxygen atoms in total. The van der Waals surface area contributed by atoms with Gasteiger partial charge in [-0.2, -0.15) is 0 Å². The number of hydrogen-bond donors (Lipinski definition) is 1. The van der Waals surface area contributed by atoms with E-state index < -0.39 is 0 Å². The van der Waals surface area contributed by atoms with E-state index in [2.05, 4.69) is 40.5 Å². The topological polar surface area (TPSA) is 28.4 Å². The lowest BCUT2D eigenvalue weighted by molar-refractivity contribution is 0.373. The largest absolute Gasteiger partial charge is 0.467 e. The summed E-state index contributed by atoms with van der Waals surface area (Å²) in [7, 11) is 0. The van der Waals surface area contributed by atoms with E-state index in [0.29, 0.717) is 0 Å². The van der Waals surface area contributed by atoms with Crippen LogP contribution in [0.4, 0.5) is 0 Å². The standard InChI is InChI=1S/C19H20N2OS/c23-19-20-18(17-11-6-12-22-17)15-9-4-5-10-16(15)21(19)13-14-7-2-1-3-8-14/h1-3,6-8,11-12,18H,4-5,9-10,13H2,(H,20,23)/t18-/m1/s1. The molecule has 0 unspecified atom stereocenters. The predicted octanol–water partition coefficient (Wildman–Crippen LogP) is 4.54. The molecule has 1 atom stereocenters. The lowest BCUT2D eigenvalue weighted by Gasteiger charge is -2.41. The van der Waals surface area contributed by atoms with Gasteiger partial charge in [-0.05, 0) is 61.2 Å². The Balaban J connectivity index is 1.70. The van der Waals surface area contributed by atoms with E-state index in [1.807, 2.05) is 12.1 Å². The van der Waals surface area contributed by atoms with Crippen molar-refractivity contribution in [3.05, 3.63) is 71.3 Å². The Bertz CT molecular complexity index is 721. The zero-order chi connectivity index (χ0) is 15.6. The van der Waals surface area contributed by atoms with Crippen LogP contribution in [0.2, 0.25) is 0 Å². The van der Waals surface area contributed by atoms with Crippen molar-refractivity contribution in [1.29, 1.82) is 0 Å². The van der Waals surface area contributed by atoms with Crippen LogP contribution >= 0.6 is 12.2 Å². The molecule has 1 aliphatic carbocycles. The van der Waals surface area contributed by atoms with Gasteiger partial charge in [0.1, 0.15) is 11.8 Å². The van der Waals surface area contributed by atoms with Crippen molar-refractivity contribution in [2.24, 2.45) is 0 Å². The van der Waals surface area contributed by atoms with Crippen molar-refractivity contribution >= 4 is 17.3 Å². The molecule has 1 aromatic carbocycles. The minimum atomic E-state index is 0.0971. The Kier molecular flexibility index (Phi) is 3.92. The number of allylic oxidation sites excluding steroid dienone is 1. The summed E-state index contributed by atoms with van der Waals surface area (Å²) in [5, 5.41) is 4.30. The Labute approximate surface area is 142 Å². The van der Waals surface area contributed by atoms with Crippen molar-refractivity contribution in [3.63, 3.8) is 0 Å². The molecule has 1 aliphatic heterocycles. The molecule has 0 spiro atoms. The molecule has 1 aromatic heterocycles. The number of furan rings is 1. The Morgan fingerprint density at radius 1 is 1.09 bits per heavy atom. The Morgan fingerprint density at radius 2 is 1.91 bits per heavy atom. The van der Waals surface area contributed by atoms with E-state index in [0.717, 1.165) is 30.3 Å². The highest BCUT2D eigenvalue weighted by Crippen LogP contribution is 2.39. The third-order valence-corrected chi connectivity index (χ3v) is 5.02. The first kappa shape index (κ1) is 14.5. The van der Waals surface area contributed by atoms with Crippen LogP contribution in [0.3, 0.4) is 0 Å². The van der Waals surface area contributed by atoms with Gasteiger partial charge in [-0.25, -0.2) is 0 Å². The number of nitrogens with one attached hydrogen (secondary N) is 1. The van der Waals surface area contributed by atoms with Gasteiger partial charge in [0.2, 0.25) is 0 Å². The molecule has 0 saturated heterocycles. The molecule has 4 rings (SSSR count). The molecule has 0 fully saturated rings. The minimum absolute atomic E-state index is 0.0971. The molecule has 2 aromatic rings. The molecule has 4 heteroatoms. The highest BCUT2D eigenvalue weighted by Gasteiger charge is 2.34. The first-order chi connectivity index (χ1) is 11.3. The molecule has 2 aliphatic rings. The summed E-state index contributed by atoms with van der Waals surface area (Å²) in [6, 6.07) is 14.6. The third kappa shape index (κ3) is 2.79. The first-order valence-corrected chi connectivity index (χ1v) is 8.61. The summed E-state index contributed by atoms with van der Waals surface area (Å²) in [5.74, 6) is 0.959. The number of rotatable bonds is 3. The minimum Gasteiger partial charge on any atom is -0.467 e. The number of nitrogens with zero attached hydrogens (tertiary/aromatic N) is 1. The van der Waals surface area contributed by atoms with Crippen molar-refractivity contribution in [3.8, 4) is 0 Å². The summed E-state index contributed by atoms with van der Waals surface area (Å²) in [4.78, 5) is 2.28. The van der Waals surface area contributed by atoms with Gasteiger partial charge in [0.15, 0.2) is 5.11 Å². The summed E-state index contributed by atoms with van der Waals surface area (Å²) in [6.45, 7) is 0.830. The maximum Gasteiger partial charge on any atom is 0.174 e. The molecule has 0 saturated carbocycles. The lowest BCUT2D eigenvalue weighted by atomic mass is 9.87. The quantitative estimate of drug-likeness (QED) is 0.839. The third-order valence-electron chi connectivity index (χ3n) is 4.68. The fourth-order valence-corrected chi connectivity index (χ4v) is 3.87. The van der Waals surface area contributed by atoms with Crippen LogP contribution in [-0.4, -0.2) is 10.0 Å². The van der Waals surface area contributed by atoms with E-state index in [4.69, 9.17) is 16.6 Å². The smallest absolute Gasteiger partial charge is 0.174 e. The van der Waals surface area contributed by atoms with E-state index in [1.54, 1.807) is 6.26 Å². The van der Waals surface area contributed by atoms with Gasteiger partial charge in [-0.3, -0.25) is 0 Å². The monoisotopic (exact) mass is 324 g/mol. The SMILES string of the molecule is S=C1N[C@@H](c2ccco2)C2=C(CCCC2)N1Cc1ccccc1. The van der Waals surface area contributed by atoms with Gasteiger partial charge in [0, 0.05) is 12.2 Å². The van der Waals surface area contributed by atoms with E-state index in [9.17, 15) is 0 Å². The van der Waals surface area contributed by atoms with Crippen LogP contribution in [0.5, 0.6) is 0 Å². The molecule has 2 heterocycles. The summed E-state index contributed by atoms with van der Waals surface area (Å²) in [6.07, 6.45) is 6.42. The molecule has 0 amide bonds. The second kappa shape index (κ2) is 6.20. The van der Waals surface area contributed by atoms with Gasteiger partial charge in [-0.15, -0.1) is 0 Å². The van der Waals surface area contributed by atoms with Crippen LogP contribution in [0, 0.1) is 0 Å². The van der Waals surface area contributed by atoms with Crippen molar-refractivity contribution in [2.45, 2.75) is 38.3 Å². The molecule has 1 N–H and O–H groups in total. The van der Waals surface area contributed by atoms with Crippen LogP contribution in [0.1, 0.15) is 43.0 Å². The zero-order valence-corrected chi connectivity index (χ0v) is 13.8. The normalized spacial score (nSPS) is 21.1. The predicted molar refractivity (Wildman–Crippen MR) is 94.7 cm³/mol. The Morgan fingerprint density at radius 3 is 2.70 bits per heavy atom. The zero-order valence-electron chi connectivity index (χ0n) is 13.0. The van der Waals surface area contributed by atoms with E-state index in [1.165, 1.54) is 29.7 Å². The van der Waals surface area contributed by atoms with Gasteiger partial charge < -0.3 is 14.6 Å². The van der Waals surface area contributed by atoms with Gasteiger partial charge in [0.25, 0.3) is 0 Å². The Hall–Kier alpha value is -2.07. The van der Waals surface area contributed by atoms with Crippen LogP contribution in [0.25, 0.3) is 0 Å². The summed E-state index contributed by atoms with van der Waals surface area (Å²) >= 11 is 5.68. The second-order valence-corrected chi connectivity index (χ2v) is 6.54. The van der Waals surface area contributed by atoms with Crippen LogP contribution in [-0.2, 0) is 6.54 Å². The fourth-order valence-electron chi connectivity index (χ4n) is 3.57. The summed E-state index contributed by atoms with van der Waals surface area (Å²) in [5.41, 5.74) is 4.12. The molecular weight excluding hydrogens is 304 g/mol.